The van der Waals surface area contributed by atoms with Crippen molar-refractivity contribution in [2.45, 2.75) is 70.5 Å². The Labute approximate surface area is 240 Å². The van der Waals surface area contributed by atoms with E-state index in [1.165, 1.54) is 23.5 Å². The molecule has 0 aromatic heterocycles. The number of anilines is 1. The van der Waals surface area contributed by atoms with Gasteiger partial charge in [-0.1, -0.05) is 66.2 Å². The highest BCUT2D eigenvalue weighted by molar-refractivity contribution is 7.92. The average molecular weight is 603 g/mol. The number of nitrogens with one attached hydrogen (secondary N) is 1. The van der Waals surface area contributed by atoms with E-state index >= 15 is 0 Å². The van der Waals surface area contributed by atoms with Crippen molar-refractivity contribution in [3.63, 3.8) is 0 Å². The van der Waals surface area contributed by atoms with Gasteiger partial charge in [0.25, 0.3) is 0 Å². The summed E-state index contributed by atoms with van der Waals surface area (Å²) in [7, 11) is -3.69. The second-order valence-corrected chi connectivity index (χ2v) is 12.9. The Morgan fingerprint density at radius 3 is 2.37 bits per heavy atom. The van der Waals surface area contributed by atoms with Gasteiger partial charge >= 0.3 is 0 Å². The SMILES string of the molecule is C[C@H](C(=O)NC1CCCCC1)N(Cc1cccc(Cl)c1)C(=O)CCCN(c1cc(Cl)ccc1Cl)S(C)(=O)=O. The van der Waals surface area contributed by atoms with Gasteiger partial charge in [0.15, 0.2) is 0 Å². The Kier molecular flexibility index (Phi) is 11.2. The molecular formula is C27H34Cl3N3O4S. The van der Waals surface area contributed by atoms with E-state index in [0.29, 0.717) is 10.0 Å². The van der Waals surface area contributed by atoms with E-state index in [1.54, 1.807) is 31.2 Å². The van der Waals surface area contributed by atoms with Crippen LogP contribution < -0.4 is 9.62 Å². The highest BCUT2D eigenvalue weighted by atomic mass is 35.5. The van der Waals surface area contributed by atoms with Crippen LogP contribution in [0.4, 0.5) is 5.69 Å². The smallest absolute Gasteiger partial charge is 0.242 e. The number of amides is 2. The molecule has 0 spiro atoms. The third-order valence-corrected chi connectivity index (χ3v) is 8.66. The van der Waals surface area contributed by atoms with E-state index in [4.69, 9.17) is 34.8 Å². The van der Waals surface area contributed by atoms with Crippen molar-refractivity contribution in [2.24, 2.45) is 0 Å². The highest BCUT2D eigenvalue weighted by Gasteiger charge is 2.28. The van der Waals surface area contributed by atoms with Gasteiger partial charge in [0, 0.05) is 35.6 Å². The molecule has 1 atom stereocenters. The monoisotopic (exact) mass is 601 g/mol. The normalized spacial score (nSPS) is 15.1. The van der Waals surface area contributed by atoms with Gasteiger partial charge in [-0.25, -0.2) is 8.42 Å². The molecule has 0 unspecified atom stereocenters. The third-order valence-electron chi connectivity index (χ3n) is 6.69. The van der Waals surface area contributed by atoms with Crippen LogP contribution >= 0.6 is 34.8 Å². The second kappa shape index (κ2) is 13.9. The molecule has 2 aromatic rings. The number of carbonyl (C=O) groups excluding carboxylic acids is 2. The fourth-order valence-corrected chi connectivity index (χ4v) is 6.26. The minimum atomic E-state index is -3.69. The average Bonchev–Trinajstić information content (AvgIpc) is 2.86. The summed E-state index contributed by atoms with van der Waals surface area (Å²) in [6.45, 7) is 1.95. The van der Waals surface area contributed by atoms with Gasteiger partial charge < -0.3 is 10.2 Å². The Morgan fingerprint density at radius 1 is 1.03 bits per heavy atom. The van der Waals surface area contributed by atoms with E-state index in [2.05, 4.69) is 5.32 Å². The summed E-state index contributed by atoms with van der Waals surface area (Å²) in [6, 6.07) is 11.2. The van der Waals surface area contributed by atoms with Crippen LogP contribution in [0.25, 0.3) is 0 Å². The molecule has 1 fully saturated rings. The molecule has 1 N–H and O–H groups in total. The molecule has 0 heterocycles. The molecule has 3 rings (SSSR count). The summed E-state index contributed by atoms with van der Waals surface area (Å²) in [5, 5.41) is 4.23. The van der Waals surface area contributed by atoms with E-state index in [1.807, 2.05) is 6.07 Å². The molecule has 1 aliphatic carbocycles. The van der Waals surface area contributed by atoms with Crippen LogP contribution in [-0.4, -0.2) is 50.0 Å². The van der Waals surface area contributed by atoms with Gasteiger partial charge in [-0.15, -0.1) is 0 Å². The lowest BCUT2D eigenvalue weighted by atomic mass is 9.95. The number of hydrogen-bond donors (Lipinski definition) is 1. The number of halogens is 3. The maximum Gasteiger partial charge on any atom is 0.242 e. The molecule has 11 heteroatoms. The number of hydrogen-bond acceptors (Lipinski definition) is 4. The lowest BCUT2D eigenvalue weighted by Crippen LogP contribution is -2.50. The fourth-order valence-electron chi connectivity index (χ4n) is 4.64. The van der Waals surface area contributed by atoms with Crippen molar-refractivity contribution in [1.29, 1.82) is 0 Å². The fraction of sp³-hybridized carbons (Fsp3) is 0.481. The number of benzene rings is 2. The van der Waals surface area contributed by atoms with Crippen LogP contribution in [0.1, 0.15) is 57.4 Å². The van der Waals surface area contributed by atoms with Crippen molar-refractivity contribution in [3.8, 4) is 0 Å². The molecule has 7 nitrogen and oxygen atoms in total. The predicted molar refractivity (Wildman–Crippen MR) is 154 cm³/mol. The third kappa shape index (κ3) is 8.76. The second-order valence-electron chi connectivity index (χ2n) is 9.71. The summed E-state index contributed by atoms with van der Waals surface area (Å²) in [5.74, 6) is -0.460. The summed E-state index contributed by atoms with van der Waals surface area (Å²) in [6.07, 6.45) is 6.54. The summed E-state index contributed by atoms with van der Waals surface area (Å²) in [4.78, 5) is 28.1. The Morgan fingerprint density at radius 2 is 1.71 bits per heavy atom. The Bertz CT molecular complexity index is 1240. The summed E-state index contributed by atoms with van der Waals surface area (Å²) < 4.78 is 26.2. The van der Waals surface area contributed by atoms with Crippen molar-refractivity contribution >= 4 is 62.3 Å². The molecule has 0 aliphatic heterocycles. The zero-order valence-corrected chi connectivity index (χ0v) is 24.7. The first-order valence-corrected chi connectivity index (χ1v) is 15.7. The van der Waals surface area contributed by atoms with E-state index in [-0.39, 0.29) is 54.5 Å². The van der Waals surface area contributed by atoms with Crippen LogP contribution in [0.5, 0.6) is 0 Å². The molecule has 0 saturated heterocycles. The quantitative estimate of drug-likeness (QED) is 0.339. The first kappa shape index (κ1) is 30.5. The lowest BCUT2D eigenvalue weighted by molar-refractivity contribution is -0.141. The largest absolute Gasteiger partial charge is 0.352 e. The zero-order chi connectivity index (χ0) is 27.9. The van der Waals surface area contributed by atoms with Crippen LogP contribution in [0.2, 0.25) is 15.1 Å². The summed E-state index contributed by atoms with van der Waals surface area (Å²) in [5.41, 5.74) is 1.05. The van der Waals surface area contributed by atoms with E-state index < -0.39 is 16.1 Å². The van der Waals surface area contributed by atoms with Gasteiger partial charge in [-0.05, 0) is 62.1 Å². The number of nitrogens with zero attached hydrogens (tertiary/aromatic N) is 2. The Balaban J connectivity index is 1.74. The zero-order valence-electron chi connectivity index (χ0n) is 21.6. The standard InChI is InChI=1S/C27H34Cl3N3O4S/c1-19(27(35)31-23-10-4-3-5-11-23)32(18-20-8-6-9-21(28)16-20)26(34)12-7-15-33(38(2,36)37)25-17-22(29)13-14-24(25)30/h6,8-9,13-14,16-17,19,23H,3-5,7,10-12,15,18H2,1-2H3,(H,31,35)/t19-/m1/s1. The first-order chi connectivity index (χ1) is 18.0. The first-order valence-electron chi connectivity index (χ1n) is 12.7. The van der Waals surface area contributed by atoms with Crippen molar-refractivity contribution in [2.75, 3.05) is 17.1 Å². The molecule has 2 aromatic carbocycles. The molecule has 1 saturated carbocycles. The molecule has 38 heavy (non-hydrogen) atoms. The van der Waals surface area contributed by atoms with Crippen molar-refractivity contribution in [3.05, 3.63) is 63.1 Å². The highest BCUT2D eigenvalue weighted by Crippen LogP contribution is 2.31. The van der Waals surface area contributed by atoms with Gasteiger partial charge in [-0.3, -0.25) is 13.9 Å². The van der Waals surface area contributed by atoms with E-state index in [9.17, 15) is 18.0 Å². The molecule has 208 valence electrons. The lowest BCUT2D eigenvalue weighted by Gasteiger charge is -2.31. The molecule has 1 aliphatic rings. The Hall–Kier alpha value is -2.00. The minimum absolute atomic E-state index is 0.0261. The molecule has 2 amide bonds. The van der Waals surface area contributed by atoms with Gasteiger partial charge in [0.05, 0.1) is 17.0 Å². The van der Waals surface area contributed by atoms with E-state index in [0.717, 1.165) is 41.8 Å². The van der Waals surface area contributed by atoms with Gasteiger partial charge in [0.2, 0.25) is 21.8 Å². The maximum atomic E-state index is 13.5. The minimum Gasteiger partial charge on any atom is -0.352 e. The maximum absolute atomic E-state index is 13.5. The van der Waals surface area contributed by atoms with Crippen LogP contribution in [0, 0.1) is 0 Å². The number of carbonyl (C=O) groups is 2. The topological polar surface area (TPSA) is 86.8 Å². The molecule has 0 bridgehead atoms. The van der Waals surface area contributed by atoms with Crippen LogP contribution in [0.3, 0.4) is 0 Å². The van der Waals surface area contributed by atoms with Crippen molar-refractivity contribution < 1.29 is 18.0 Å². The van der Waals surface area contributed by atoms with Crippen LogP contribution in [-0.2, 0) is 26.2 Å². The summed E-state index contributed by atoms with van der Waals surface area (Å²) >= 11 is 18.5. The van der Waals surface area contributed by atoms with Crippen molar-refractivity contribution in [1.82, 2.24) is 10.2 Å². The van der Waals surface area contributed by atoms with Crippen LogP contribution in [0.15, 0.2) is 42.5 Å². The van der Waals surface area contributed by atoms with Gasteiger partial charge in [-0.2, -0.15) is 0 Å². The molecule has 0 radical (unpaired) electrons. The number of rotatable bonds is 11. The van der Waals surface area contributed by atoms with Gasteiger partial charge in [0.1, 0.15) is 6.04 Å². The molecular weight excluding hydrogens is 569 g/mol. The number of sulfonamides is 1. The predicted octanol–water partition coefficient (Wildman–Crippen LogP) is 6.06.